The van der Waals surface area contributed by atoms with Crippen molar-refractivity contribution in [2.24, 2.45) is 0 Å². The van der Waals surface area contributed by atoms with Gasteiger partial charge in [-0.15, -0.1) is 0 Å². The normalized spacial score (nSPS) is 11.2. The molecule has 134 valence electrons. The molecule has 0 spiro atoms. The van der Waals surface area contributed by atoms with E-state index in [2.05, 4.69) is 15.6 Å². The smallest absolute Gasteiger partial charge is 0.407 e. The molecular formula is C18H23N3O4. The maximum atomic E-state index is 11.8. The predicted molar refractivity (Wildman–Crippen MR) is 95.3 cm³/mol. The predicted octanol–water partition coefficient (Wildman–Crippen LogP) is 2.06. The molecule has 0 atom stereocenters. The molecule has 2 aromatic rings. The third-order valence-electron chi connectivity index (χ3n) is 3.33. The largest absolute Gasteiger partial charge is 0.444 e. The highest BCUT2D eigenvalue weighted by molar-refractivity contribution is 5.79. The number of H-pyrrole nitrogens is 1. The Balaban J connectivity index is 1.78. The first-order valence-electron chi connectivity index (χ1n) is 8.08. The van der Waals surface area contributed by atoms with E-state index in [1.54, 1.807) is 39.1 Å². The van der Waals surface area contributed by atoms with Gasteiger partial charge in [-0.1, -0.05) is 6.07 Å². The molecule has 0 unspecified atom stereocenters. The molecular weight excluding hydrogens is 322 g/mol. The lowest BCUT2D eigenvalue weighted by Gasteiger charge is -2.19. The first-order chi connectivity index (χ1) is 11.7. The number of ether oxygens (including phenoxy) is 1. The second-order valence-electron chi connectivity index (χ2n) is 6.68. The Morgan fingerprint density at radius 3 is 2.64 bits per heavy atom. The van der Waals surface area contributed by atoms with Crippen molar-refractivity contribution in [3.05, 3.63) is 46.2 Å². The Kier molecular flexibility index (Phi) is 5.80. The Morgan fingerprint density at radius 2 is 1.92 bits per heavy atom. The van der Waals surface area contributed by atoms with Gasteiger partial charge in [0.1, 0.15) is 5.60 Å². The van der Waals surface area contributed by atoms with Crippen LogP contribution < -0.4 is 16.1 Å². The number of aromatic nitrogens is 1. The van der Waals surface area contributed by atoms with Crippen molar-refractivity contribution in [3.63, 3.8) is 0 Å². The summed E-state index contributed by atoms with van der Waals surface area (Å²) in [4.78, 5) is 38.0. The molecule has 3 N–H and O–H groups in total. The first-order valence-corrected chi connectivity index (χ1v) is 8.08. The van der Waals surface area contributed by atoms with E-state index >= 15 is 0 Å². The van der Waals surface area contributed by atoms with E-state index in [1.807, 2.05) is 6.07 Å². The van der Waals surface area contributed by atoms with E-state index < -0.39 is 11.7 Å². The van der Waals surface area contributed by atoms with Gasteiger partial charge in [-0.2, -0.15) is 0 Å². The molecule has 0 aliphatic heterocycles. The van der Waals surface area contributed by atoms with Crippen LogP contribution in [0, 0.1) is 0 Å². The number of alkyl carbamates (subject to hydrolysis) is 1. The van der Waals surface area contributed by atoms with Gasteiger partial charge in [-0.05, 0) is 38.5 Å². The Hall–Kier alpha value is -2.83. The number of amides is 2. The molecule has 0 saturated carbocycles. The fourth-order valence-corrected chi connectivity index (χ4v) is 2.21. The van der Waals surface area contributed by atoms with Crippen LogP contribution in [0.3, 0.4) is 0 Å². The maximum Gasteiger partial charge on any atom is 0.407 e. The lowest BCUT2D eigenvalue weighted by atomic mass is 10.1. The van der Waals surface area contributed by atoms with Crippen LogP contribution in [0.4, 0.5) is 4.79 Å². The molecule has 2 rings (SSSR count). The van der Waals surface area contributed by atoms with Gasteiger partial charge in [0.25, 0.3) is 0 Å². The highest BCUT2D eigenvalue weighted by Crippen LogP contribution is 2.10. The van der Waals surface area contributed by atoms with Crippen molar-refractivity contribution >= 4 is 22.9 Å². The fraction of sp³-hybridized carbons (Fsp3) is 0.389. The second kappa shape index (κ2) is 7.83. The molecule has 0 radical (unpaired) electrons. The van der Waals surface area contributed by atoms with Crippen LogP contribution in [0.25, 0.3) is 10.9 Å². The number of fused-ring (bicyclic) bond motifs is 1. The third kappa shape index (κ3) is 5.95. The van der Waals surface area contributed by atoms with Crippen LogP contribution >= 0.6 is 0 Å². The van der Waals surface area contributed by atoms with Gasteiger partial charge in [0.15, 0.2) is 5.43 Å². The molecule has 0 aliphatic carbocycles. The van der Waals surface area contributed by atoms with Gasteiger partial charge >= 0.3 is 6.09 Å². The zero-order chi connectivity index (χ0) is 18.4. The standard InChI is InChI=1S/C18H23N3O4/c1-18(2,3)25-17(24)20-9-7-16(23)21-11-12-4-5-13-14(10-12)19-8-6-15(13)22/h4-6,8,10H,7,9,11H2,1-3H3,(H,19,22)(H,20,24)(H,21,23). The molecule has 7 heteroatoms. The summed E-state index contributed by atoms with van der Waals surface area (Å²) in [5.41, 5.74) is 0.995. The van der Waals surface area contributed by atoms with Crippen LogP contribution in [0.5, 0.6) is 0 Å². The number of hydrogen-bond acceptors (Lipinski definition) is 4. The SMILES string of the molecule is CC(C)(C)OC(=O)NCCC(=O)NCc1ccc2c(=O)cc[nH]c2c1. The highest BCUT2D eigenvalue weighted by Gasteiger charge is 2.15. The second-order valence-corrected chi connectivity index (χ2v) is 6.68. The molecule has 0 fully saturated rings. The summed E-state index contributed by atoms with van der Waals surface area (Å²) in [7, 11) is 0. The van der Waals surface area contributed by atoms with Gasteiger partial charge in [-0.25, -0.2) is 4.79 Å². The molecule has 2 amide bonds. The summed E-state index contributed by atoms with van der Waals surface area (Å²) in [6.45, 7) is 5.87. The topological polar surface area (TPSA) is 100 Å². The van der Waals surface area contributed by atoms with E-state index in [-0.39, 0.29) is 24.3 Å². The van der Waals surface area contributed by atoms with Gasteiger partial charge in [0.2, 0.25) is 5.91 Å². The lowest BCUT2D eigenvalue weighted by molar-refractivity contribution is -0.121. The summed E-state index contributed by atoms with van der Waals surface area (Å²) in [6.07, 6.45) is 1.21. The fourth-order valence-electron chi connectivity index (χ4n) is 2.21. The van der Waals surface area contributed by atoms with Gasteiger partial charge in [-0.3, -0.25) is 9.59 Å². The molecule has 0 bridgehead atoms. The van der Waals surface area contributed by atoms with E-state index in [9.17, 15) is 14.4 Å². The summed E-state index contributed by atoms with van der Waals surface area (Å²) in [5.74, 6) is -0.183. The molecule has 25 heavy (non-hydrogen) atoms. The number of aromatic amines is 1. The number of hydrogen-bond donors (Lipinski definition) is 3. The van der Waals surface area contributed by atoms with E-state index in [0.717, 1.165) is 11.1 Å². The molecule has 1 aromatic heterocycles. The van der Waals surface area contributed by atoms with Crippen molar-refractivity contribution in [3.8, 4) is 0 Å². The van der Waals surface area contributed by atoms with Gasteiger partial charge < -0.3 is 20.4 Å². The summed E-state index contributed by atoms with van der Waals surface area (Å²) >= 11 is 0. The third-order valence-corrected chi connectivity index (χ3v) is 3.33. The first kappa shape index (κ1) is 18.5. The molecule has 0 aliphatic rings. The van der Waals surface area contributed by atoms with Crippen LogP contribution in [-0.2, 0) is 16.1 Å². The van der Waals surface area contributed by atoms with E-state index in [1.165, 1.54) is 6.07 Å². The van der Waals surface area contributed by atoms with Crippen LogP contribution in [0.1, 0.15) is 32.8 Å². The summed E-state index contributed by atoms with van der Waals surface area (Å²) in [5, 5.41) is 5.92. The Morgan fingerprint density at radius 1 is 1.16 bits per heavy atom. The number of carbonyl (C=O) groups excluding carboxylic acids is 2. The summed E-state index contributed by atoms with van der Waals surface area (Å²) < 4.78 is 5.09. The number of pyridine rings is 1. The van der Waals surface area contributed by atoms with Crippen molar-refractivity contribution in [1.29, 1.82) is 0 Å². The van der Waals surface area contributed by atoms with E-state index in [4.69, 9.17) is 4.74 Å². The van der Waals surface area contributed by atoms with Crippen molar-refractivity contribution < 1.29 is 14.3 Å². The van der Waals surface area contributed by atoms with Crippen LogP contribution in [0.15, 0.2) is 35.3 Å². The quantitative estimate of drug-likeness (QED) is 0.772. The van der Waals surface area contributed by atoms with Crippen molar-refractivity contribution in [1.82, 2.24) is 15.6 Å². The highest BCUT2D eigenvalue weighted by atomic mass is 16.6. The zero-order valence-corrected chi connectivity index (χ0v) is 14.6. The Labute approximate surface area is 145 Å². The Bertz CT molecular complexity index is 821. The van der Waals surface area contributed by atoms with Crippen LogP contribution in [-0.4, -0.2) is 29.1 Å². The zero-order valence-electron chi connectivity index (χ0n) is 14.6. The summed E-state index contributed by atoms with van der Waals surface area (Å²) in [6, 6.07) is 6.84. The van der Waals surface area contributed by atoms with Crippen molar-refractivity contribution in [2.75, 3.05) is 6.54 Å². The number of benzene rings is 1. The molecule has 7 nitrogen and oxygen atoms in total. The van der Waals surface area contributed by atoms with Crippen molar-refractivity contribution in [2.45, 2.75) is 39.3 Å². The average Bonchev–Trinajstić information content (AvgIpc) is 2.51. The molecule has 1 aromatic carbocycles. The van der Waals surface area contributed by atoms with E-state index in [0.29, 0.717) is 11.9 Å². The minimum absolute atomic E-state index is 0.0439. The maximum absolute atomic E-state index is 11.8. The lowest BCUT2D eigenvalue weighted by Crippen LogP contribution is -2.35. The number of carbonyl (C=O) groups is 2. The van der Waals surface area contributed by atoms with Gasteiger partial charge in [0.05, 0.1) is 0 Å². The molecule has 1 heterocycles. The minimum Gasteiger partial charge on any atom is -0.444 e. The molecule has 0 saturated heterocycles. The van der Waals surface area contributed by atoms with Gasteiger partial charge in [0, 0.05) is 42.7 Å². The number of nitrogens with one attached hydrogen (secondary N) is 3. The average molecular weight is 345 g/mol. The minimum atomic E-state index is -0.566. The monoisotopic (exact) mass is 345 g/mol. The van der Waals surface area contributed by atoms with Crippen LogP contribution in [0.2, 0.25) is 0 Å². The number of rotatable bonds is 5.